The van der Waals surface area contributed by atoms with Crippen molar-refractivity contribution in [2.24, 2.45) is 0 Å². The molecule has 0 bridgehead atoms. The van der Waals surface area contributed by atoms with Crippen LogP contribution in [0.5, 0.6) is 0 Å². The number of hydrogen-bond donors (Lipinski definition) is 0. The maximum Gasteiger partial charge on any atom is 0.170 e. The molecular weight excluding hydrogens is 312 g/mol. The average Bonchev–Trinajstić information content (AvgIpc) is 2.83. The highest BCUT2D eigenvalue weighted by Gasteiger charge is 2.10. The SMILES string of the molecule is Clc1cc2nnc(-c3csc(Br)c3)n2cn1. The second-order valence-corrected chi connectivity index (χ2v) is 5.78. The molecule has 0 spiro atoms. The lowest BCUT2D eigenvalue weighted by Crippen LogP contribution is -1.89. The van der Waals surface area contributed by atoms with Gasteiger partial charge in [-0.05, 0) is 22.0 Å². The summed E-state index contributed by atoms with van der Waals surface area (Å²) in [5.74, 6) is 0.765. The molecule has 80 valence electrons. The van der Waals surface area contributed by atoms with Gasteiger partial charge in [-0.25, -0.2) is 4.98 Å². The first-order valence-electron chi connectivity index (χ1n) is 4.35. The molecule has 0 atom stereocenters. The van der Waals surface area contributed by atoms with Crippen molar-refractivity contribution in [3.8, 4) is 11.4 Å². The molecule has 0 radical (unpaired) electrons. The van der Waals surface area contributed by atoms with Gasteiger partial charge in [0.1, 0.15) is 11.5 Å². The number of nitrogens with zero attached hydrogens (tertiary/aromatic N) is 4. The first-order chi connectivity index (χ1) is 7.74. The van der Waals surface area contributed by atoms with Gasteiger partial charge in [-0.1, -0.05) is 11.6 Å². The van der Waals surface area contributed by atoms with Gasteiger partial charge in [0.15, 0.2) is 11.5 Å². The highest BCUT2D eigenvalue weighted by Crippen LogP contribution is 2.28. The molecule has 16 heavy (non-hydrogen) atoms. The molecule has 3 rings (SSSR count). The summed E-state index contributed by atoms with van der Waals surface area (Å²) < 4.78 is 2.86. The lowest BCUT2D eigenvalue weighted by atomic mass is 10.3. The fourth-order valence-electron chi connectivity index (χ4n) is 1.40. The van der Waals surface area contributed by atoms with Crippen LogP contribution < -0.4 is 0 Å². The van der Waals surface area contributed by atoms with E-state index in [0.717, 1.165) is 15.2 Å². The Morgan fingerprint density at radius 2 is 2.19 bits per heavy atom. The van der Waals surface area contributed by atoms with Crippen LogP contribution in [-0.2, 0) is 0 Å². The Morgan fingerprint density at radius 1 is 1.31 bits per heavy atom. The predicted octanol–water partition coefficient (Wildman–Crippen LogP) is 3.27. The van der Waals surface area contributed by atoms with Gasteiger partial charge in [0.05, 0.1) is 3.79 Å². The van der Waals surface area contributed by atoms with E-state index in [0.29, 0.717) is 10.8 Å². The zero-order chi connectivity index (χ0) is 11.1. The molecule has 4 nitrogen and oxygen atoms in total. The molecule has 0 amide bonds. The lowest BCUT2D eigenvalue weighted by molar-refractivity contribution is 1.08. The maximum atomic E-state index is 5.78. The quantitative estimate of drug-likeness (QED) is 0.647. The first-order valence-corrected chi connectivity index (χ1v) is 6.40. The van der Waals surface area contributed by atoms with Gasteiger partial charge in [-0.2, -0.15) is 0 Å². The minimum absolute atomic E-state index is 0.415. The van der Waals surface area contributed by atoms with Crippen molar-refractivity contribution >= 4 is 44.5 Å². The molecule has 0 saturated heterocycles. The lowest BCUT2D eigenvalue weighted by Gasteiger charge is -1.95. The van der Waals surface area contributed by atoms with Gasteiger partial charge in [0, 0.05) is 17.0 Å². The summed E-state index contributed by atoms with van der Waals surface area (Å²) in [5, 5.41) is 10.6. The number of rotatable bonds is 1. The van der Waals surface area contributed by atoms with Crippen LogP contribution in [0.25, 0.3) is 17.0 Å². The maximum absolute atomic E-state index is 5.78. The fraction of sp³-hybridized carbons (Fsp3) is 0. The Hall–Kier alpha value is -0.980. The number of thiophene rings is 1. The standard InChI is InChI=1S/C9H4BrClN4S/c10-6-1-5(3-16-6)9-14-13-8-2-7(11)12-4-15(8)9/h1-4H. The molecule has 0 unspecified atom stereocenters. The minimum atomic E-state index is 0.415. The fourth-order valence-corrected chi connectivity index (χ4v) is 2.67. The number of aromatic nitrogens is 4. The minimum Gasteiger partial charge on any atom is -0.265 e. The topological polar surface area (TPSA) is 43.1 Å². The molecule has 3 aromatic rings. The average molecular weight is 316 g/mol. The highest BCUT2D eigenvalue weighted by atomic mass is 79.9. The summed E-state index contributed by atoms with van der Waals surface area (Å²) in [6.45, 7) is 0. The van der Waals surface area contributed by atoms with Crippen molar-refractivity contribution in [3.63, 3.8) is 0 Å². The molecular formula is C9H4BrClN4S. The summed E-state index contributed by atoms with van der Waals surface area (Å²) >= 11 is 10.8. The summed E-state index contributed by atoms with van der Waals surface area (Å²) in [6.07, 6.45) is 1.62. The summed E-state index contributed by atoms with van der Waals surface area (Å²) in [6, 6.07) is 3.68. The van der Waals surface area contributed by atoms with E-state index in [1.54, 1.807) is 28.1 Å². The van der Waals surface area contributed by atoms with Crippen LogP contribution in [0.1, 0.15) is 0 Å². The highest BCUT2D eigenvalue weighted by molar-refractivity contribution is 9.11. The molecule has 0 N–H and O–H groups in total. The van der Waals surface area contributed by atoms with E-state index in [9.17, 15) is 0 Å². The Bertz CT molecular complexity index is 662. The van der Waals surface area contributed by atoms with Gasteiger partial charge < -0.3 is 0 Å². The van der Waals surface area contributed by atoms with Crippen molar-refractivity contribution in [2.75, 3.05) is 0 Å². The van der Waals surface area contributed by atoms with Gasteiger partial charge in [0.25, 0.3) is 0 Å². The van der Waals surface area contributed by atoms with Crippen molar-refractivity contribution < 1.29 is 0 Å². The molecule has 0 fully saturated rings. The van der Waals surface area contributed by atoms with E-state index in [1.165, 1.54) is 0 Å². The third kappa shape index (κ3) is 1.63. The van der Waals surface area contributed by atoms with Crippen molar-refractivity contribution in [1.29, 1.82) is 0 Å². The van der Waals surface area contributed by atoms with Crippen LogP contribution in [0.15, 0.2) is 27.6 Å². The van der Waals surface area contributed by atoms with Gasteiger partial charge in [0.2, 0.25) is 0 Å². The van der Waals surface area contributed by atoms with E-state index in [1.807, 2.05) is 11.4 Å². The van der Waals surface area contributed by atoms with E-state index in [4.69, 9.17) is 11.6 Å². The second-order valence-electron chi connectivity index (χ2n) is 3.10. The largest absolute Gasteiger partial charge is 0.265 e. The summed E-state index contributed by atoms with van der Waals surface area (Å²) in [5.41, 5.74) is 1.70. The van der Waals surface area contributed by atoms with Crippen LogP contribution in [0.2, 0.25) is 5.15 Å². The van der Waals surface area contributed by atoms with Crippen LogP contribution in [0.3, 0.4) is 0 Å². The Kier molecular flexibility index (Phi) is 2.42. The van der Waals surface area contributed by atoms with Gasteiger partial charge >= 0.3 is 0 Å². The number of hydrogen-bond acceptors (Lipinski definition) is 4. The monoisotopic (exact) mass is 314 g/mol. The van der Waals surface area contributed by atoms with E-state index >= 15 is 0 Å². The zero-order valence-electron chi connectivity index (χ0n) is 7.76. The molecule has 0 aliphatic rings. The van der Waals surface area contributed by atoms with E-state index in [2.05, 4.69) is 31.1 Å². The first kappa shape index (κ1) is 10.2. The van der Waals surface area contributed by atoms with Crippen molar-refractivity contribution in [3.05, 3.63) is 32.8 Å². The smallest absolute Gasteiger partial charge is 0.170 e. The molecule has 3 aromatic heterocycles. The van der Waals surface area contributed by atoms with Crippen molar-refractivity contribution in [2.45, 2.75) is 0 Å². The Morgan fingerprint density at radius 3 is 2.94 bits per heavy atom. The Labute approximate surface area is 108 Å². The normalized spacial score (nSPS) is 11.1. The summed E-state index contributed by atoms with van der Waals surface area (Å²) in [7, 11) is 0. The molecule has 7 heteroatoms. The second kappa shape index (κ2) is 3.80. The van der Waals surface area contributed by atoms with Crippen LogP contribution in [0, 0.1) is 0 Å². The number of fused-ring (bicyclic) bond motifs is 1. The van der Waals surface area contributed by atoms with Gasteiger partial charge in [-0.15, -0.1) is 21.5 Å². The zero-order valence-corrected chi connectivity index (χ0v) is 10.9. The van der Waals surface area contributed by atoms with Crippen molar-refractivity contribution in [1.82, 2.24) is 19.6 Å². The van der Waals surface area contributed by atoms with Crippen LogP contribution in [-0.4, -0.2) is 19.6 Å². The molecule has 0 saturated carbocycles. The van der Waals surface area contributed by atoms with Crippen LogP contribution >= 0.6 is 38.9 Å². The number of halogens is 2. The summed E-state index contributed by atoms with van der Waals surface area (Å²) in [4.78, 5) is 4.01. The molecule has 0 aliphatic carbocycles. The molecule has 0 aliphatic heterocycles. The van der Waals surface area contributed by atoms with E-state index in [-0.39, 0.29) is 0 Å². The third-order valence-electron chi connectivity index (χ3n) is 2.09. The molecule has 0 aromatic carbocycles. The predicted molar refractivity (Wildman–Crippen MR) is 66.8 cm³/mol. The third-order valence-corrected chi connectivity index (χ3v) is 3.80. The Balaban J connectivity index is 2.25. The molecule has 3 heterocycles. The van der Waals surface area contributed by atoms with Gasteiger partial charge in [-0.3, -0.25) is 4.40 Å². The van der Waals surface area contributed by atoms with E-state index < -0.39 is 0 Å². The van der Waals surface area contributed by atoms with Crippen LogP contribution in [0.4, 0.5) is 0 Å².